The molecule has 1 N–H and O–H groups in total. The Kier molecular flexibility index (Phi) is 5.43. The fourth-order valence-corrected chi connectivity index (χ4v) is 3.41. The number of rotatable bonds is 8. The van der Waals surface area contributed by atoms with Gasteiger partial charge in [0, 0.05) is 35.4 Å². The van der Waals surface area contributed by atoms with Gasteiger partial charge >= 0.3 is 0 Å². The largest absolute Gasteiger partial charge is 0.312 e. The molecule has 2 rings (SSSR count). The molecule has 0 atom stereocenters. The Bertz CT molecular complexity index is 393. The molecule has 1 saturated carbocycles. The van der Waals surface area contributed by atoms with E-state index in [-0.39, 0.29) is 0 Å². The normalized spacial score (nSPS) is 15.7. The number of thiophene rings is 1. The molecule has 2 nitrogen and oxygen atoms in total. The third-order valence-electron chi connectivity index (χ3n) is 3.91. The first kappa shape index (κ1) is 15.0. The predicted octanol–water partition coefficient (Wildman–Crippen LogP) is 3.79. The Labute approximate surface area is 122 Å². The summed E-state index contributed by atoms with van der Waals surface area (Å²) in [6.07, 6.45) is 2.88. The Hall–Kier alpha value is -0.380. The van der Waals surface area contributed by atoms with Gasteiger partial charge in [-0.15, -0.1) is 11.3 Å². The molecule has 0 unspecified atom stereocenters. The van der Waals surface area contributed by atoms with E-state index in [0.717, 1.165) is 25.6 Å². The molecule has 0 aliphatic heterocycles. The van der Waals surface area contributed by atoms with E-state index in [2.05, 4.69) is 44.0 Å². The molecule has 0 bridgehead atoms. The third kappa shape index (κ3) is 4.59. The van der Waals surface area contributed by atoms with Crippen LogP contribution in [0.3, 0.4) is 0 Å². The average Bonchev–Trinajstić information content (AvgIpc) is 3.11. The van der Waals surface area contributed by atoms with Gasteiger partial charge in [-0.25, -0.2) is 0 Å². The lowest BCUT2D eigenvalue weighted by molar-refractivity contribution is 0.203. The van der Waals surface area contributed by atoms with Crippen molar-refractivity contribution in [3.05, 3.63) is 21.4 Å². The molecule has 1 aromatic heterocycles. The topological polar surface area (TPSA) is 15.3 Å². The molecule has 19 heavy (non-hydrogen) atoms. The van der Waals surface area contributed by atoms with Crippen molar-refractivity contribution in [2.75, 3.05) is 13.1 Å². The van der Waals surface area contributed by atoms with Gasteiger partial charge in [-0.2, -0.15) is 0 Å². The molecule has 1 aliphatic carbocycles. The molecular formula is C16H28N2S. The molecule has 0 aromatic carbocycles. The van der Waals surface area contributed by atoms with Crippen molar-refractivity contribution >= 4 is 11.3 Å². The van der Waals surface area contributed by atoms with Crippen molar-refractivity contribution in [3.8, 4) is 0 Å². The zero-order valence-electron chi connectivity index (χ0n) is 12.8. The number of nitrogens with one attached hydrogen (secondary N) is 1. The minimum atomic E-state index is 0.650. The first-order chi connectivity index (χ1) is 9.10. The first-order valence-corrected chi connectivity index (χ1v) is 8.44. The molecule has 108 valence electrons. The van der Waals surface area contributed by atoms with Crippen LogP contribution in [-0.4, -0.2) is 24.0 Å². The summed E-state index contributed by atoms with van der Waals surface area (Å²) in [6, 6.07) is 3.06. The Balaban J connectivity index is 1.96. The van der Waals surface area contributed by atoms with E-state index in [1.807, 2.05) is 11.3 Å². The highest BCUT2D eigenvalue weighted by molar-refractivity contribution is 7.12. The van der Waals surface area contributed by atoms with Gasteiger partial charge in [-0.05, 0) is 57.7 Å². The lowest BCUT2D eigenvalue weighted by atomic mass is 10.2. The summed E-state index contributed by atoms with van der Waals surface area (Å²) in [6.45, 7) is 13.6. The Morgan fingerprint density at radius 2 is 2.16 bits per heavy atom. The van der Waals surface area contributed by atoms with Crippen LogP contribution in [0, 0.1) is 12.8 Å². The molecule has 1 fully saturated rings. The molecule has 0 spiro atoms. The predicted molar refractivity (Wildman–Crippen MR) is 84.7 cm³/mol. The van der Waals surface area contributed by atoms with Crippen LogP contribution < -0.4 is 5.32 Å². The summed E-state index contributed by atoms with van der Waals surface area (Å²) in [5, 5.41) is 3.42. The van der Waals surface area contributed by atoms with Crippen LogP contribution >= 0.6 is 11.3 Å². The highest BCUT2D eigenvalue weighted by Gasteiger charge is 2.25. The van der Waals surface area contributed by atoms with Crippen LogP contribution in [0.4, 0.5) is 0 Å². The molecule has 1 heterocycles. The highest BCUT2D eigenvalue weighted by Crippen LogP contribution is 2.31. The second kappa shape index (κ2) is 6.87. The SMILES string of the molecule is CCNCc1cc(CN(CC2CC2)C(C)C)c(C)s1. The number of hydrogen-bond acceptors (Lipinski definition) is 3. The van der Waals surface area contributed by atoms with E-state index in [9.17, 15) is 0 Å². The highest BCUT2D eigenvalue weighted by atomic mass is 32.1. The molecule has 1 aliphatic rings. The summed E-state index contributed by atoms with van der Waals surface area (Å²) in [5.41, 5.74) is 1.53. The van der Waals surface area contributed by atoms with Crippen molar-refractivity contribution in [1.82, 2.24) is 10.2 Å². The number of aryl methyl sites for hydroxylation is 1. The van der Waals surface area contributed by atoms with Crippen LogP contribution in [0.2, 0.25) is 0 Å². The average molecular weight is 280 g/mol. The van der Waals surface area contributed by atoms with E-state index in [0.29, 0.717) is 6.04 Å². The summed E-state index contributed by atoms with van der Waals surface area (Å²) in [4.78, 5) is 5.61. The van der Waals surface area contributed by atoms with Gasteiger partial charge in [0.2, 0.25) is 0 Å². The Morgan fingerprint density at radius 3 is 2.74 bits per heavy atom. The summed E-state index contributed by atoms with van der Waals surface area (Å²) < 4.78 is 0. The monoisotopic (exact) mass is 280 g/mol. The summed E-state index contributed by atoms with van der Waals surface area (Å²) >= 11 is 1.95. The second-order valence-electron chi connectivity index (χ2n) is 6.04. The van der Waals surface area contributed by atoms with Gasteiger partial charge in [0.15, 0.2) is 0 Å². The van der Waals surface area contributed by atoms with Gasteiger partial charge in [-0.1, -0.05) is 6.92 Å². The fraction of sp³-hybridized carbons (Fsp3) is 0.750. The quantitative estimate of drug-likeness (QED) is 0.779. The van der Waals surface area contributed by atoms with E-state index in [1.54, 1.807) is 0 Å². The van der Waals surface area contributed by atoms with E-state index < -0.39 is 0 Å². The Morgan fingerprint density at radius 1 is 1.42 bits per heavy atom. The van der Waals surface area contributed by atoms with Gasteiger partial charge in [0.25, 0.3) is 0 Å². The van der Waals surface area contributed by atoms with Crippen molar-refractivity contribution in [2.45, 2.75) is 59.7 Å². The van der Waals surface area contributed by atoms with Crippen molar-refractivity contribution < 1.29 is 0 Å². The molecule has 0 saturated heterocycles. The van der Waals surface area contributed by atoms with Gasteiger partial charge in [-0.3, -0.25) is 4.90 Å². The minimum absolute atomic E-state index is 0.650. The third-order valence-corrected chi connectivity index (χ3v) is 5.01. The fourth-order valence-electron chi connectivity index (χ4n) is 2.39. The molecule has 0 amide bonds. The van der Waals surface area contributed by atoms with Gasteiger partial charge in [0.1, 0.15) is 0 Å². The maximum Gasteiger partial charge on any atom is 0.0299 e. The maximum absolute atomic E-state index is 3.42. The lowest BCUT2D eigenvalue weighted by Crippen LogP contribution is -2.32. The molecule has 0 radical (unpaired) electrons. The van der Waals surface area contributed by atoms with E-state index >= 15 is 0 Å². The standard InChI is InChI=1S/C16H28N2S/c1-5-17-9-16-8-15(13(4)19-16)11-18(12(2)3)10-14-6-7-14/h8,12,14,17H,5-7,9-11H2,1-4H3. The smallest absolute Gasteiger partial charge is 0.0299 e. The molecular weight excluding hydrogens is 252 g/mol. The first-order valence-electron chi connectivity index (χ1n) is 7.63. The van der Waals surface area contributed by atoms with Crippen LogP contribution in [0.25, 0.3) is 0 Å². The van der Waals surface area contributed by atoms with E-state index in [1.165, 1.54) is 34.7 Å². The van der Waals surface area contributed by atoms with Crippen LogP contribution in [0.5, 0.6) is 0 Å². The van der Waals surface area contributed by atoms with Crippen molar-refractivity contribution in [1.29, 1.82) is 0 Å². The number of hydrogen-bond donors (Lipinski definition) is 1. The van der Waals surface area contributed by atoms with Crippen LogP contribution in [-0.2, 0) is 13.1 Å². The van der Waals surface area contributed by atoms with E-state index in [4.69, 9.17) is 0 Å². The second-order valence-corrected chi connectivity index (χ2v) is 7.38. The molecule has 1 aromatic rings. The number of nitrogens with zero attached hydrogens (tertiary/aromatic N) is 1. The van der Waals surface area contributed by atoms with Crippen molar-refractivity contribution in [3.63, 3.8) is 0 Å². The maximum atomic E-state index is 3.42. The summed E-state index contributed by atoms with van der Waals surface area (Å²) in [7, 11) is 0. The minimum Gasteiger partial charge on any atom is -0.312 e. The van der Waals surface area contributed by atoms with Gasteiger partial charge < -0.3 is 5.32 Å². The molecule has 3 heteroatoms. The van der Waals surface area contributed by atoms with Crippen LogP contribution in [0.1, 0.15) is 48.9 Å². The zero-order chi connectivity index (χ0) is 13.8. The zero-order valence-corrected chi connectivity index (χ0v) is 13.6. The van der Waals surface area contributed by atoms with Crippen LogP contribution in [0.15, 0.2) is 6.07 Å². The van der Waals surface area contributed by atoms with Gasteiger partial charge in [0.05, 0.1) is 0 Å². The summed E-state index contributed by atoms with van der Waals surface area (Å²) in [5.74, 6) is 0.975. The van der Waals surface area contributed by atoms with Crippen molar-refractivity contribution in [2.24, 2.45) is 5.92 Å². The lowest BCUT2D eigenvalue weighted by Gasteiger charge is -2.26.